The van der Waals surface area contributed by atoms with E-state index >= 15 is 0 Å². The molecule has 7 heteroatoms. The third-order valence-corrected chi connectivity index (χ3v) is 5.52. The third kappa shape index (κ3) is 4.53. The molecule has 2 aromatic carbocycles. The number of aromatic nitrogens is 2. The number of hydrogen-bond donors (Lipinski definition) is 0. The average Bonchev–Trinajstić information content (AvgIpc) is 3.07. The molecule has 0 saturated heterocycles. The molecule has 0 aliphatic rings. The van der Waals surface area contributed by atoms with Gasteiger partial charge >= 0.3 is 0 Å². The Labute approximate surface area is 189 Å². The molecule has 4 aromatic rings. The second kappa shape index (κ2) is 8.61. The van der Waals surface area contributed by atoms with Gasteiger partial charge in [0.25, 0.3) is 5.56 Å². The van der Waals surface area contributed by atoms with Crippen LogP contribution in [0.15, 0.2) is 71.7 Å². The highest BCUT2D eigenvalue weighted by atomic mass is 35.5. The van der Waals surface area contributed by atoms with Gasteiger partial charge in [-0.1, -0.05) is 35.3 Å². The largest absolute Gasteiger partial charge is 0.453 e. The predicted molar refractivity (Wildman–Crippen MR) is 122 cm³/mol. The van der Waals surface area contributed by atoms with Crippen LogP contribution in [0, 0.1) is 19.7 Å². The molecular formula is C24H19Cl2FN2O2. The molecule has 4 rings (SSSR count). The fourth-order valence-corrected chi connectivity index (χ4v) is 4.00. The molecule has 0 radical (unpaired) electrons. The lowest BCUT2D eigenvalue weighted by Crippen LogP contribution is -2.18. The van der Waals surface area contributed by atoms with Gasteiger partial charge < -0.3 is 13.9 Å². The highest BCUT2D eigenvalue weighted by molar-refractivity contribution is 6.37. The molecule has 2 heterocycles. The maximum Gasteiger partial charge on any atom is 0.251 e. The summed E-state index contributed by atoms with van der Waals surface area (Å²) in [5, 5.41) is 0.706. The second-order valence-corrected chi connectivity index (χ2v) is 8.06. The minimum absolute atomic E-state index is 0.206. The highest BCUT2D eigenvalue weighted by Crippen LogP contribution is 2.38. The molecule has 0 spiro atoms. The number of rotatable bonds is 5. The highest BCUT2D eigenvalue weighted by Gasteiger charge is 2.14. The van der Waals surface area contributed by atoms with E-state index in [1.54, 1.807) is 36.5 Å². The van der Waals surface area contributed by atoms with Crippen molar-refractivity contribution in [3.05, 3.63) is 110 Å². The van der Waals surface area contributed by atoms with Gasteiger partial charge in [-0.2, -0.15) is 0 Å². The number of ether oxygens (including phenoxy) is 1. The Morgan fingerprint density at radius 1 is 0.903 bits per heavy atom. The van der Waals surface area contributed by atoms with Gasteiger partial charge in [0.1, 0.15) is 11.6 Å². The fraction of sp³-hybridized carbons (Fsp3) is 0.125. The second-order valence-electron chi connectivity index (χ2n) is 7.25. The van der Waals surface area contributed by atoms with E-state index in [4.69, 9.17) is 27.9 Å². The van der Waals surface area contributed by atoms with Crippen molar-refractivity contribution in [1.29, 1.82) is 0 Å². The molecule has 0 amide bonds. The minimum Gasteiger partial charge on any atom is -0.453 e. The van der Waals surface area contributed by atoms with Crippen LogP contribution < -0.4 is 10.3 Å². The van der Waals surface area contributed by atoms with E-state index in [0.29, 0.717) is 21.5 Å². The van der Waals surface area contributed by atoms with Crippen LogP contribution in [-0.2, 0) is 6.54 Å². The van der Waals surface area contributed by atoms with Crippen molar-refractivity contribution >= 4 is 23.2 Å². The molecule has 0 aliphatic carbocycles. The summed E-state index contributed by atoms with van der Waals surface area (Å²) in [6.07, 6.45) is 1.58. The van der Waals surface area contributed by atoms with Crippen LogP contribution in [0.2, 0.25) is 10.0 Å². The number of pyridine rings is 1. The van der Waals surface area contributed by atoms with Crippen LogP contribution in [0.1, 0.15) is 17.0 Å². The normalized spacial score (nSPS) is 11.0. The van der Waals surface area contributed by atoms with Gasteiger partial charge in [0.2, 0.25) is 0 Å². The van der Waals surface area contributed by atoms with Gasteiger partial charge in [-0.05, 0) is 61.9 Å². The lowest BCUT2D eigenvalue weighted by atomic mass is 10.2. The summed E-state index contributed by atoms with van der Waals surface area (Å²) in [5.41, 5.74) is 3.54. The van der Waals surface area contributed by atoms with Crippen LogP contribution in [0.3, 0.4) is 0 Å². The molecule has 0 N–H and O–H groups in total. The van der Waals surface area contributed by atoms with E-state index in [2.05, 4.69) is 0 Å². The molecule has 31 heavy (non-hydrogen) atoms. The topological polar surface area (TPSA) is 36.2 Å². The van der Waals surface area contributed by atoms with E-state index in [9.17, 15) is 9.18 Å². The standard InChI is InChI=1S/C24H19Cl2FN2O2/c1-15-3-4-16(2)29(15)19-11-21(25)24(22(26)12-19)31-20-9-10-23(30)28(14-20)13-17-5-7-18(27)8-6-17/h3-12,14H,13H2,1-2H3. The summed E-state index contributed by atoms with van der Waals surface area (Å²) in [6.45, 7) is 4.29. The fourth-order valence-electron chi connectivity index (χ4n) is 3.45. The quantitative estimate of drug-likeness (QED) is 0.341. The number of hydrogen-bond acceptors (Lipinski definition) is 2. The third-order valence-electron chi connectivity index (χ3n) is 4.95. The monoisotopic (exact) mass is 456 g/mol. The molecule has 0 bridgehead atoms. The first kappa shape index (κ1) is 21.2. The van der Waals surface area contributed by atoms with Crippen LogP contribution in [0.25, 0.3) is 5.69 Å². The van der Waals surface area contributed by atoms with Crippen molar-refractivity contribution < 1.29 is 9.13 Å². The predicted octanol–water partition coefficient (Wildman–Crippen LogP) is 6.54. The molecule has 0 fully saturated rings. The van der Waals surface area contributed by atoms with E-state index < -0.39 is 0 Å². The van der Waals surface area contributed by atoms with Crippen LogP contribution in [-0.4, -0.2) is 9.13 Å². The molecule has 0 atom stereocenters. The van der Waals surface area contributed by atoms with Gasteiger partial charge in [-0.3, -0.25) is 4.79 Å². The van der Waals surface area contributed by atoms with Crippen LogP contribution in [0.4, 0.5) is 4.39 Å². The van der Waals surface area contributed by atoms with Crippen molar-refractivity contribution in [2.45, 2.75) is 20.4 Å². The number of nitrogens with zero attached hydrogens (tertiary/aromatic N) is 2. The zero-order valence-electron chi connectivity index (χ0n) is 16.9. The van der Waals surface area contributed by atoms with E-state index in [1.165, 1.54) is 22.8 Å². The van der Waals surface area contributed by atoms with Crippen molar-refractivity contribution in [1.82, 2.24) is 9.13 Å². The molecule has 4 nitrogen and oxygen atoms in total. The van der Waals surface area contributed by atoms with Crippen molar-refractivity contribution in [2.75, 3.05) is 0 Å². The Bertz CT molecular complexity index is 1270. The Morgan fingerprint density at radius 3 is 2.13 bits per heavy atom. The van der Waals surface area contributed by atoms with Gasteiger partial charge in [0, 0.05) is 23.1 Å². The minimum atomic E-state index is -0.328. The molecule has 0 saturated carbocycles. The summed E-state index contributed by atoms with van der Waals surface area (Å²) < 4.78 is 22.6. The lowest BCUT2D eigenvalue weighted by molar-refractivity contribution is 0.474. The molecule has 158 valence electrons. The van der Waals surface area contributed by atoms with Gasteiger partial charge in [-0.15, -0.1) is 0 Å². The SMILES string of the molecule is Cc1ccc(C)n1-c1cc(Cl)c(Oc2ccc(=O)n(Cc3ccc(F)cc3)c2)c(Cl)c1. The van der Waals surface area contributed by atoms with Crippen LogP contribution in [0.5, 0.6) is 11.5 Å². The summed E-state index contributed by atoms with van der Waals surface area (Å²) >= 11 is 13.0. The number of aryl methyl sites for hydroxylation is 2. The smallest absolute Gasteiger partial charge is 0.251 e. The zero-order chi connectivity index (χ0) is 22.1. The number of halogens is 3. The van der Waals surface area contributed by atoms with Crippen molar-refractivity contribution in [2.24, 2.45) is 0 Å². The molecule has 2 aromatic heterocycles. The molecular weight excluding hydrogens is 438 g/mol. The van der Waals surface area contributed by atoms with Crippen molar-refractivity contribution in [3.63, 3.8) is 0 Å². The van der Waals surface area contributed by atoms with E-state index in [1.807, 2.05) is 30.5 Å². The van der Waals surface area contributed by atoms with E-state index in [-0.39, 0.29) is 17.9 Å². The van der Waals surface area contributed by atoms with E-state index in [0.717, 1.165) is 22.6 Å². The summed E-state index contributed by atoms with van der Waals surface area (Å²) in [6, 6.07) is 16.6. The Balaban J connectivity index is 1.63. The zero-order valence-corrected chi connectivity index (χ0v) is 18.4. The van der Waals surface area contributed by atoms with Gasteiger partial charge in [-0.25, -0.2) is 4.39 Å². The maximum atomic E-state index is 13.1. The summed E-state index contributed by atoms with van der Waals surface area (Å²) in [4.78, 5) is 12.2. The lowest BCUT2D eigenvalue weighted by Gasteiger charge is -2.15. The number of benzene rings is 2. The first-order valence-corrected chi connectivity index (χ1v) is 10.3. The van der Waals surface area contributed by atoms with Crippen molar-refractivity contribution in [3.8, 4) is 17.2 Å². The first-order chi connectivity index (χ1) is 14.8. The van der Waals surface area contributed by atoms with Crippen LogP contribution >= 0.6 is 23.2 Å². The molecule has 0 unspecified atom stereocenters. The maximum absolute atomic E-state index is 13.1. The first-order valence-electron chi connectivity index (χ1n) is 9.59. The Morgan fingerprint density at radius 2 is 1.52 bits per heavy atom. The Hall–Kier alpha value is -3.02. The Kier molecular flexibility index (Phi) is 5.90. The van der Waals surface area contributed by atoms with Gasteiger partial charge in [0.05, 0.1) is 22.8 Å². The summed E-state index contributed by atoms with van der Waals surface area (Å²) in [5.74, 6) is 0.388. The molecule has 0 aliphatic heterocycles. The summed E-state index contributed by atoms with van der Waals surface area (Å²) in [7, 11) is 0. The van der Waals surface area contributed by atoms with Gasteiger partial charge in [0.15, 0.2) is 5.75 Å². The average molecular weight is 457 g/mol.